The van der Waals surface area contributed by atoms with Gasteiger partial charge < -0.3 is 9.80 Å². The molecule has 2 fully saturated rings. The lowest BCUT2D eigenvalue weighted by Gasteiger charge is -2.49. The highest BCUT2D eigenvalue weighted by molar-refractivity contribution is 6.42. The molecular weight excluding hydrogens is 543 g/mol. The van der Waals surface area contributed by atoms with Gasteiger partial charge in [-0.2, -0.15) is 0 Å². The third kappa shape index (κ3) is 5.63. The minimum Gasteiger partial charge on any atom is -0.336 e. The summed E-state index contributed by atoms with van der Waals surface area (Å²) in [5.74, 6) is 0.846. The van der Waals surface area contributed by atoms with E-state index in [1.807, 2.05) is 53.2 Å². The summed E-state index contributed by atoms with van der Waals surface area (Å²) in [6.07, 6.45) is 5.50. The third-order valence-corrected chi connectivity index (χ3v) is 9.79. The summed E-state index contributed by atoms with van der Waals surface area (Å²) in [5.41, 5.74) is 1.70. The molecule has 2 saturated heterocycles. The maximum Gasteiger partial charge on any atom is 0.228 e. The van der Waals surface area contributed by atoms with Gasteiger partial charge in [-0.3, -0.25) is 14.5 Å². The Hall–Kier alpha value is -2.93. The number of likely N-dealkylation sites (tertiary alicyclic amines) is 1. The minimum atomic E-state index is -0.308. The molecular formula is C32H36Cl2N4O2. The van der Waals surface area contributed by atoms with Crippen molar-refractivity contribution in [1.82, 2.24) is 14.8 Å². The van der Waals surface area contributed by atoms with Crippen molar-refractivity contribution < 1.29 is 9.59 Å². The molecule has 2 amide bonds. The van der Waals surface area contributed by atoms with Crippen molar-refractivity contribution in [3.63, 3.8) is 0 Å². The van der Waals surface area contributed by atoms with E-state index >= 15 is 0 Å². The van der Waals surface area contributed by atoms with E-state index < -0.39 is 0 Å². The Morgan fingerprint density at radius 1 is 0.950 bits per heavy atom. The monoisotopic (exact) mass is 578 g/mol. The lowest BCUT2D eigenvalue weighted by Crippen LogP contribution is -2.54. The lowest BCUT2D eigenvalue weighted by molar-refractivity contribution is -0.136. The molecule has 0 spiro atoms. The van der Waals surface area contributed by atoms with Gasteiger partial charge in [0, 0.05) is 51.6 Å². The summed E-state index contributed by atoms with van der Waals surface area (Å²) >= 11 is 12.8. The first-order valence-corrected chi connectivity index (χ1v) is 14.7. The Morgan fingerprint density at radius 2 is 1.68 bits per heavy atom. The van der Waals surface area contributed by atoms with Gasteiger partial charge in [0.25, 0.3) is 0 Å². The Kier molecular flexibility index (Phi) is 8.50. The molecule has 5 rings (SSSR count). The number of aromatic nitrogens is 1. The number of carbonyl (C=O) groups excluding carboxylic acids is 2. The molecule has 0 aliphatic carbocycles. The van der Waals surface area contributed by atoms with E-state index in [-0.39, 0.29) is 22.8 Å². The maximum absolute atomic E-state index is 13.1. The quantitative estimate of drug-likeness (QED) is 0.329. The second kappa shape index (κ2) is 11.9. The van der Waals surface area contributed by atoms with E-state index in [1.165, 1.54) is 5.56 Å². The van der Waals surface area contributed by atoms with Crippen LogP contribution < -0.4 is 4.90 Å². The summed E-state index contributed by atoms with van der Waals surface area (Å²) in [4.78, 5) is 36.3. The lowest BCUT2D eigenvalue weighted by atomic mass is 9.71. The van der Waals surface area contributed by atoms with E-state index in [2.05, 4.69) is 40.2 Å². The van der Waals surface area contributed by atoms with E-state index in [1.54, 1.807) is 13.1 Å². The summed E-state index contributed by atoms with van der Waals surface area (Å²) in [6, 6.07) is 21.9. The van der Waals surface area contributed by atoms with Gasteiger partial charge >= 0.3 is 0 Å². The second-order valence-electron chi connectivity index (χ2n) is 11.1. The van der Waals surface area contributed by atoms with Crippen molar-refractivity contribution in [3.8, 4) is 0 Å². The number of halogens is 2. The van der Waals surface area contributed by atoms with Crippen LogP contribution in [0.25, 0.3) is 0 Å². The number of benzene rings is 2. The Balaban J connectivity index is 1.38. The van der Waals surface area contributed by atoms with E-state index in [9.17, 15) is 9.59 Å². The van der Waals surface area contributed by atoms with Crippen LogP contribution in [-0.4, -0.2) is 59.8 Å². The topological polar surface area (TPSA) is 56.8 Å². The number of hydrogen-bond acceptors (Lipinski definition) is 4. The maximum atomic E-state index is 13.1. The van der Waals surface area contributed by atoms with Crippen LogP contribution in [0.4, 0.5) is 5.82 Å². The molecule has 1 unspecified atom stereocenters. The molecule has 1 aromatic heterocycles. The Bertz CT molecular complexity index is 1350. The number of anilines is 1. The predicted molar refractivity (Wildman–Crippen MR) is 161 cm³/mol. The van der Waals surface area contributed by atoms with E-state index in [4.69, 9.17) is 23.2 Å². The fourth-order valence-electron chi connectivity index (χ4n) is 6.47. The van der Waals surface area contributed by atoms with Gasteiger partial charge in [0.1, 0.15) is 5.82 Å². The minimum absolute atomic E-state index is 0.0809. The van der Waals surface area contributed by atoms with Gasteiger partial charge in [-0.1, -0.05) is 65.7 Å². The molecule has 8 heteroatoms. The largest absolute Gasteiger partial charge is 0.336 e. The standard InChI is InChI=1S/C32H36Cl2N4O2/c1-24(39)36(2)32(25-8-4-3-5-9-25)16-20-37(21-17-32)19-15-31(26-11-12-27(33)28(34)22-26)14-13-30(40)38(23-31)29-10-6-7-18-35-29/h3-12,18,22H,13-17,19-21,23H2,1-2H3. The SMILES string of the molecule is CC(=O)N(C)C1(c2ccccc2)CCN(CCC2(c3ccc(Cl)c(Cl)c3)CCC(=O)N(c3ccccn3)C2)CC1. The first-order valence-electron chi connectivity index (χ1n) is 13.9. The van der Waals surface area contributed by atoms with Crippen molar-refractivity contribution in [2.24, 2.45) is 0 Å². The van der Waals surface area contributed by atoms with Gasteiger partial charge in [0.15, 0.2) is 0 Å². The van der Waals surface area contributed by atoms with Gasteiger partial charge in [0.05, 0.1) is 15.6 Å². The Labute approximate surface area is 246 Å². The molecule has 2 aromatic carbocycles. The molecule has 0 bridgehead atoms. The van der Waals surface area contributed by atoms with Crippen molar-refractivity contribution in [3.05, 3.63) is 94.1 Å². The van der Waals surface area contributed by atoms with Crippen LogP contribution in [0.1, 0.15) is 50.2 Å². The number of carbonyl (C=O) groups is 2. The van der Waals surface area contributed by atoms with Gasteiger partial charge in [0.2, 0.25) is 11.8 Å². The van der Waals surface area contributed by atoms with Gasteiger partial charge in [-0.15, -0.1) is 0 Å². The van der Waals surface area contributed by atoms with Crippen molar-refractivity contribution in [2.45, 2.75) is 50.0 Å². The molecule has 3 heterocycles. The van der Waals surface area contributed by atoms with E-state index in [0.717, 1.165) is 50.9 Å². The molecule has 1 atom stereocenters. The average Bonchev–Trinajstić information content (AvgIpc) is 2.99. The van der Waals surface area contributed by atoms with Gasteiger partial charge in [-0.05, 0) is 67.6 Å². The van der Waals surface area contributed by atoms with Crippen LogP contribution in [-0.2, 0) is 20.5 Å². The summed E-state index contributed by atoms with van der Waals surface area (Å²) in [6.45, 7) is 4.82. The molecule has 3 aromatic rings. The molecule has 0 saturated carbocycles. The van der Waals surface area contributed by atoms with Crippen LogP contribution in [0.3, 0.4) is 0 Å². The predicted octanol–water partition coefficient (Wildman–Crippen LogP) is 6.31. The molecule has 0 N–H and O–H groups in total. The number of pyridine rings is 1. The van der Waals surface area contributed by atoms with E-state index in [0.29, 0.717) is 28.8 Å². The van der Waals surface area contributed by atoms with Crippen LogP contribution in [0, 0.1) is 0 Å². The highest BCUT2D eigenvalue weighted by Gasteiger charge is 2.44. The number of amides is 2. The van der Waals surface area contributed by atoms with Crippen LogP contribution >= 0.6 is 23.2 Å². The summed E-state index contributed by atoms with van der Waals surface area (Å²) in [7, 11) is 1.93. The summed E-state index contributed by atoms with van der Waals surface area (Å²) in [5, 5.41) is 1.05. The highest BCUT2D eigenvalue weighted by atomic mass is 35.5. The first kappa shape index (κ1) is 28.6. The van der Waals surface area contributed by atoms with Crippen molar-refractivity contribution in [1.29, 1.82) is 0 Å². The zero-order valence-corrected chi connectivity index (χ0v) is 24.7. The highest BCUT2D eigenvalue weighted by Crippen LogP contribution is 2.42. The first-order chi connectivity index (χ1) is 19.2. The molecule has 0 radical (unpaired) electrons. The fraction of sp³-hybridized carbons (Fsp3) is 0.406. The normalized spacial score (nSPS) is 21.3. The van der Waals surface area contributed by atoms with Crippen molar-refractivity contribution in [2.75, 3.05) is 38.1 Å². The number of rotatable bonds is 7. The number of hydrogen-bond donors (Lipinski definition) is 0. The van der Waals surface area contributed by atoms with Crippen LogP contribution in [0.15, 0.2) is 72.9 Å². The molecule has 6 nitrogen and oxygen atoms in total. The second-order valence-corrected chi connectivity index (χ2v) is 12.0. The fourth-order valence-corrected chi connectivity index (χ4v) is 6.77. The zero-order valence-electron chi connectivity index (χ0n) is 23.2. The van der Waals surface area contributed by atoms with Crippen LogP contribution in [0.2, 0.25) is 10.0 Å². The van der Waals surface area contributed by atoms with Crippen molar-refractivity contribution >= 4 is 40.8 Å². The van der Waals surface area contributed by atoms with Gasteiger partial charge in [-0.25, -0.2) is 4.98 Å². The average molecular weight is 580 g/mol. The number of piperidine rings is 2. The molecule has 2 aliphatic heterocycles. The number of nitrogens with zero attached hydrogens (tertiary/aromatic N) is 4. The smallest absolute Gasteiger partial charge is 0.228 e. The molecule has 2 aliphatic rings. The third-order valence-electron chi connectivity index (χ3n) is 9.05. The zero-order chi connectivity index (χ0) is 28.3. The molecule has 210 valence electrons. The Morgan fingerprint density at radius 3 is 2.33 bits per heavy atom. The van der Waals surface area contributed by atoms with Crippen LogP contribution in [0.5, 0.6) is 0 Å². The summed E-state index contributed by atoms with van der Waals surface area (Å²) < 4.78 is 0. The molecule has 40 heavy (non-hydrogen) atoms.